The number of aryl methyl sites for hydroxylation is 1. The summed E-state index contributed by atoms with van der Waals surface area (Å²) in [6, 6.07) is 9.04. The minimum Gasteiger partial charge on any atom is -0.310 e. The van der Waals surface area contributed by atoms with Crippen molar-refractivity contribution >= 4 is 27.3 Å². The number of benzene rings is 1. The molecule has 2 rings (SSSR count). The van der Waals surface area contributed by atoms with Gasteiger partial charge in [0, 0.05) is 15.9 Å². The zero-order chi connectivity index (χ0) is 13.7. The Labute approximate surface area is 128 Å². The Kier molecular flexibility index (Phi) is 5.61. The predicted molar refractivity (Wildman–Crippen MR) is 87.9 cm³/mol. The van der Waals surface area contributed by atoms with Gasteiger partial charge in [0.15, 0.2) is 0 Å². The number of nitrogens with one attached hydrogen (secondary N) is 1. The van der Waals surface area contributed by atoms with Crippen LogP contribution in [-0.2, 0) is 6.42 Å². The minimum absolute atomic E-state index is 0.390. The van der Waals surface area contributed by atoms with Crippen molar-refractivity contribution in [2.24, 2.45) is 0 Å². The smallest absolute Gasteiger partial charge is 0.0380 e. The molecule has 0 aliphatic rings. The average molecular weight is 338 g/mol. The second-order valence-corrected chi connectivity index (χ2v) is 6.41. The quantitative estimate of drug-likeness (QED) is 0.772. The van der Waals surface area contributed by atoms with Crippen molar-refractivity contribution in [3.05, 3.63) is 56.2 Å². The zero-order valence-corrected chi connectivity index (χ0v) is 13.9. The Morgan fingerprint density at radius 2 is 2.05 bits per heavy atom. The van der Waals surface area contributed by atoms with Crippen LogP contribution in [0.5, 0.6) is 0 Å². The lowest BCUT2D eigenvalue weighted by molar-refractivity contribution is 0.528. The Balaban J connectivity index is 2.19. The third kappa shape index (κ3) is 3.91. The SMILES string of the molecule is CCCNC(Cc1ccccc1C)c1cscc1Br. The molecule has 102 valence electrons. The van der Waals surface area contributed by atoms with Gasteiger partial charge in [-0.15, -0.1) is 0 Å². The molecule has 0 spiro atoms. The monoisotopic (exact) mass is 337 g/mol. The summed E-state index contributed by atoms with van der Waals surface area (Å²) in [5, 5.41) is 8.07. The largest absolute Gasteiger partial charge is 0.310 e. The summed E-state index contributed by atoms with van der Waals surface area (Å²) in [5.41, 5.74) is 4.17. The van der Waals surface area contributed by atoms with Gasteiger partial charge in [-0.05, 0) is 64.3 Å². The second kappa shape index (κ2) is 7.22. The Morgan fingerprint density at radius 3 is 2.68 bits per heavy atom. The van der Waals surface area contributed by atoms with E-state index >= 15 is 0 Å². The van der Waals surface area contributed by atoms with E-state index < -0.39 is 0 Å². The molecule has 1 heterocycles. The maximum absolute atomic E-state index is 3.67. The van der Waals surface area contributed by atoms with E-state index in [-0.39, 0.29) is 0 Å². The molecular weight excluding hydrogens is 318 g/mol. The summed E-state index contributed by atoms with van der Waals surface area (Å²) in [7, 11) is 0. The molecule has 0 saturated heterocycles. The topological polar surface area (TPSA) is 12.0 Å². The van der Waals surface area contributed by atoms with Gasteiger partial charge in [0.1, 0.15) is 0 Å². The van der Waals surface area contributed by atoms with Gasteiger partial charge < -0.3 is 5.32 Å². The molecule has 2 aromatic rings. The molecule has 0 amide bonds. The van der Waals surface area contributed by atoms with Crippen molar-refractivity contribution in [2.45, 2.75) is 32.7 Å². The highest BCUT2D eigenvalue weighted by molar-refractivity contribution is 9.10. The molecule has 1 unspecified atom stereocenters. The summed E-state index contributed by atoms with van der Waals surface area (Å²) in [6.45, 7) is 5.45. The summed E-state index contributed by atoms with van der Waals surface area (Å²) in [5.74, 6) is 0. The normalized spacial score (nSPS) is 12.6. The van der Waals surface area contributed by atoms with Crippen LogP contribution in [0.25, 0.3) is 0 Å². The van der Waals surface area contributed by atoms with Crippen LogP contribution in [0, 0.1) is 6.92 Å². The van der Waals surface area contributed by atoms with E-state index in [2.05, 4.69) is 70.1 Å². The molecule has 0 radical (unpaired) electrons. The molecule has 1 nitrogen and oxygen atoms in total. The van der Waals surface area contributed by atoms with E-state index in [1.807, 2.05) is 0 Å². The van der Waals surface area contributed by atoms with Crippen LogP contribution in [0.1, 0.15) is 36.1 Å². The third-order valence-electron chi connectivity index (χ3n) is 3.34. The van der Waals surface area contributed by atoms with Gasteiger partial charge >= 0.3 is 0 Å². The van der Waals surface area contributed by atoms with Crippen LogP contribution in [0.3, 0.4) is 0 Å². The van der Waals surface area contributed by atoms with Crippen molar-refractivity contribution in [3.8, 4) is 0 Å². The van der Waals surface area contributed by atoms with Gasteiger partial charge in [-0.1, -0.05) is 31.2 Å². The maximum atomic E-state index is 3.67. The first-order valence-electron chi connectivity index (χ1n) is 6.71. The highest BCUT2D eigenvalue weighted by Gasteiger charge is 2.16. The predicted octanol–water partition coefficient (Wildman–Crippen LogP) is 5.10. The molecule has 1 aromatic carbocycles. The first-order chi connectivity index (χ1) is 9.22. The molecule has 0 aliphatic heterocycles. The number of hydrogen-bond acceptors (Lipinski definition) is 2. The molecular formula is C16H20BrNS. The minimum atomic E-state index is 0.390. The molecule has 0 aliphatic carbocycles. The first-order valence-corrected chi connectivity index (χ1v) is 8.45. The molecule has 19 heavy (non-hydrogen) atoms. The average Bonchev–Trinajstić information content (AvgIpc) is 2.83. The van der Waals surface area contributed by atoms with E-state index in [0.717, 1.165) is 19.4 Å². The first kappa shape index (κ1) is 14.8. The number of halogens is 1. The van der Waals surface area contributed by atoms with Crippen LogP contribution in [0.15, 0.2) is 39.5 Å². The van der Waals surface area contributed by atoms with Crippen molar-refractivity contribution in [2.75, 3.05) is 6.54 Å². The van der Waals surface area contributed by atoms with Crippen molar-refractivity contribution in [1.29, 1.82) is 0 Å². The van der Waals surface area contributed by atoms with E-state index in [4.69, 9.17) is 0 Å². The van der Waals surface area contributed by atoms with E-state index in [1.165, 1.54) is 21.2 Å². The van der Waals surface area contributed by atoms with Gasteiger partial charge in [-0.3, -0.25) is 0 Å². The molecule has 1 aromatic heterocycles. The van der Waals surface area contributed by atoms with Crippen LogP contribution in [0.4, 0.5) is 0 Å². The third-order valence-corrected chi connectivity index (χ3v) is 5.10. The Hall–Kier alpha value is -0.640. The van der Waals surface area contributed by atoms with Crippen molar-refractivity contribution in [1.82, 2.24) is 5.32 Å². The fraction of sp³-hybridized carbons (Fsp3) is 0.375. The van der Waals surface area contributed by atoms with E-state index in [1.54, 1.807) is 11.3 Å². The maximum Gasteiger partial charge on any atom is 0.0380 e. The summed E-state index contributed by atoms with van der Waals surface area (Å²) in [6.07, 6.45) is 2.20. The van der Waals surface area contributed by atoms with Gasteiger partial charge in [-0.25, -0.2) is 0 Å². The highest BCUT2D eigenvalue weighted by atomic mass is 79.9. The molecule has 3 heteroatoms. The standard InChI is InChI=1S/C16H20BrNS/c1-3-8-18-16(14-10-19-11-15(14)17)9-13-7-5-4-6-12(13)2/h4-7,10-11,16,18H,3,8-9H2,1-2H3. The van der Waals surface area contributed by atoms with Crippen LogP contribution in [0.2, 0.25) is 0 Å². The van der Waals surface area contributed by atoms with Crippen molar-refractivity contribution in [3.63, 3.8) is 0 Å². The number of rotatable bonds is 6. The van der Waals surface area contributed by atoms with Gasteiger partial charge in [0.2, 0.25) is 0 Å². The Morgan fingerprint density at radius 1 is 1.26 bits per heavy atom. The van der Waals surface area contributed by atoms with Gasteiger partial charge in [0.25, 0.3) is 0 Å². The molecule has 1 atom stereocenters. The van der Waals surface area contributed by atoms with Crippen LogP contribution >= 0.6 is 27.3 Å². The van der Waals surface area contributed by atoms with E-state index in [0.29, 0.717) is 6.04 Å². The summed E-state index contributed by atoms with van der Waals surface area (Å²) in [4.78, 5) is 0. The molecule has 1 N–H and O–H groups in total. The van der Waals surface area contributed by atoms with Crippen LogP contribution in [-0.4, -0.2) is 6.54 Å². The second-order valence-electron chi connectivity index (χ2n) is 4.81. The summed E-state index contributed by atoms with van der Waals surface area (Å²) >= 11 is 5.42. The van der Waals surface area contributed by atoms with Crippen LogP contribution < -0.4 is 5.32 Å². The molecule has 0 bridgehead atoms. The van der Waals surface area contributed by atoms with Gasteiger partial charge in [-0.2, -0.15) is 11.3 Å². The highest BCUT2D eigenvalue weighted by Crippen LogP contribution is 2.30. The summed E-state index contributed by atoms with van der Waals surface area (Å²) < 4.78 is 1.22. The number of thiophene rings is 1. The fourth-order valence-corrected chi connectivity index (χ4v) is 3.84. The van der Waals surface area contributed by atoms with Gasteiger partial charge in [0.05, 0.1) is 0 Å². The van der Waals surface area contributed by atoms with E-state index in [9.17, 15) is 0 Å². The van der Waals surface area contributed by atoms with Crippen molar-refractivity contribution < 1.29 is 0 Å². The lowest BCUT2D eigenvalue weighted by Crippen LogP contribution is -2.24. The zero-order valence-electron chi connectivity index (χ0n) is 11.4. The fourth-order valence-electron chi connectivity index (χ4n) is 2.21. The number of hydrogen-bond donors (Lipinski definition) is 1. The molecule has 0 fully saturated rings. The lowest BCUT2D eigenvalue weighted by atomic mass is 9.97. The lowest BCUT2D eigenvalue weighted by Gasteiger charge is -2.19. The molecule has 0 saturated carbocycles. The Bertz CT molecular complexity index is 521.